The lowest BCUT2D eigenvalue weighted by atomic mass is 9.87. The maximum Gasteiger partial charge on any atom is 0.308 e. The Bertz CT molecular complexity index is 612. The summed E-state index contributed by atoms with van der Waals surface area (Å²) in [6.07, 6.45) is 2.27. The van der Waals surface area contributed by atoms with E-state index in [-0.39, 0.29) is 11.8 Å². The van der Waals surface area contributed by atoms with Gasteiger partial charge >= 0.3 is 5.97 Å². The number of hydrogen-bond acceptors (Lipinski definition) is 2. The number of benzene rings is 1. The van der Waals surface area contributed by atoms with E-state index >= 15 is 0 Å². The number of carbonyl (C=O) groups is 2. The van der Waals surface area contributed by atoms with Crippen LogP contribution < -0.4 is 0 Å². The zero-order chi connectivity index (χ0) is 15.9. The Balaban J connectivity index is 1.82. The van der Waals surface area contributed by atoms with E-state index in [0.29, 0.717) is 24.5 Å². The van der Waals surface area contributed by atoms with Gasteiger partial charge in [0.05, 0.1) is 11.3 Å². The highest BCUT2D eigenvalue weighted by molar-refractivity contribution is 6.30. The zero-order valence-corrected chi connectivity index (χ0v) is 13.3. The Labute approximate surface area is 135 Å². The third-order valence-corrected chi connectivity index (χ3v) is 5.07. The molecule has 2 unspecified atom stereocenters. The number of carbonyl (C=O) groups excluding carboxylic acids is 1. The predicted molar refractivity (Wildman–Crippen MR) is 83.9 cm³/mol. The normalized spacial score (nSPS) is 26.5. The van der Waals surface area contributed by atoms with Crippen LogP contribution in [0.1, 0.15) is 31.7 Å². The average molecular weight is 322 g/mol. The van der Waals surface area contributed by atoms with Gasteiger partial charge in [-0.3, -0.25) is 9.59 Å². The van der Waals surface area contributed by atoms with Crippen LogP contribution in [0.2, 0.25) is 5.02 Å². The summed E-state index contributed by atoms with van der Waals surface area (Å²) in [6, 6.07) is 7.46. The van der Waals surface area contributed by atoms with Crippen molar-refractivity contribution < 1.29 is 14.7 Å². The standard InChI is InChI=1S/C17H20ClNO3/c1-11-7-12(15(20)21)10-19(9-11)16(22)17(5-6-17)13-3-2-4-14(18)8-13/h2-4,8,11-12H,5-7,9-10H2,1H3,(H,20,21). The first-order valence-corrected chi connectivity index (χ1v) is 8.08. The van der Waals surface area contributed by atoms with E-state index in [9.17, 15) is 14.7 Å². The predicted octanol–water partition coefficient (Wildman–Crippen LogP) is 2.94. The lowest BCUT2D eigenvalue weighted by Gasteiger charge is -2.37. The number of halogens is 1. The molecule has 1 amide bonds. The fraction of sp³-hybridized carbons (Fsp3) is 0.529. The van der Waals surface area contributed by atoms with E-state index in [4.69, 9.17) is 11.6 Å². The summed E-state index contributed by atoms with van der Waals surface area (Å²) in [5.41, 5.74) is 0.473. The minimum atomic E-state index is -0.808. The quantitative estimate of drug-likeness (QED) is 0.931. The molecule has 22 heavy (non-hydrogen) atoms. The van der Waals surface area contributed by atoms with Crippen LogP contribution in [0, 0.1) is 11.8 Å². The molecule has 2 atom stereocenters. The molecule has 3 rings (SSSR count). The molecular weight excluding hydrogens is 302 g/mol. The molecule has 4 nitrogen and oxygen atoms in total. The molecule has 1 saturated carbocycles. The van der Waals surface area contributed by atoms with Gasteiger partial charge in [0, 0.05) is 18.1 Å². The summed E-state index contributed by atoms with van der Waals surface area (Å²) >= 11 is 6.05. The van der Waals surface area contributed by atoms with Gasteiger partial charge in [-0.25, -0.2) is 0 Å². The highest BCUT2D eigenvalue weighted by Crippen LogP contribution is 2.50. The molecule has 2 fully saturated rings. The van der Waals surface area contributed by atoms with Crippen LogP contribution in [0.15, 0.2) is 24.3 Å². The van der Waals surface area contributed by atoms with Crippen molar-refractivity contribution in [2.45, 2.75) is 31.6 Å². The summed E-state index contributed by atoms with van der Waals surface area (Å²) in [6.45, 7) is 2.97. The fourth-order valence-corrected chi connectivity index (χ4v) is 3.73. The molecule has 1 aliphatic carbocycles. The highest BCUT2D eigenvalue weighted by atomic mass is 35.5. The monoisotopic (exact) mass is 321 g/mol. The van der Waals surface area contributed by atoms with Crippen molar-refractivity contribution in [3.05, 3.63) is 34.9 Å². The number of likely N-dealkylation sites (tertiary alicyclic amines) is 1. The number of piperidine rings is 1. The zero-order valence-electron chi connectivity index (χ0n) is 12.6. The smallest absolute Gasteiger partial charge is 0.308 e. The first-order chi connectivity index (χ1) is 10.4. The van der Waals surface area contributed by atoms with Crippen LogP contribution >= 0.6 is 11.6 Å². The van der Waals surface area contributed by atoms with E-state index in [1.165, 1.54) is 0 Å². The third kappa shape index (κ3) is 2.72. The Morgan fingerprint density at radius 1 is 1.32 bits per heavy atom. The molecule has 5 heteroatoms. The number of rotatable bonds is 3. The highest BCUT2D eigenvalue weighted by Gasteiger charge is 2.54. The summed E-state index contributed by atoms with van der Waals surface area (Å²) in [5.74, 6) is -0.985. The number of nitrogens with zero attached hydrogens (tertiary/aromatic N) is 1. The Kier molecular flexibility index (Phi) is 3.89. The van der Waals surface area contributed by atoms with Crippen LogP contribution in [-0.2, 0) is 15.0 Å². The van der Waals surface area contributed by atoms with Gasteiger partial charge in [0.1, 0.15) is 0 Å². The Morgan fingerprint density at radius 2 is 2.05 bits per heavy atom. The summed E-state index contributed by atoms with van der Waals surface area (Å²) < 4.78 is 0. The Morgan fingerprint density at radius 3 is 2.64 bits per heavy atom. The Hall–Kier alpha value is -1.55. The van der Waals surface area contributed by atoms with Gasteiger partial charge in [-0.2, -0.15) is 0 Å². The molecule has 1 aliphatic heterocycles. The first kappa shape index (κ1) is 15.3. The van der Waals surface area contributed by atoms with E-state index in [1.807, 2.05) is 25.1 Å². The van der Waals surface area contributed by atoms with E-state index in [2.05, 4.69) is 0 Å². The van der Waals surface area contributed by atoms with Crippen LogP contribution in [0.4, 0.5) is 0 Å². The van der Waals surface area contributed by atoms with Gasteiger partial charge < -0.3 is 10.0 Å². The second-order valence-corrected chi connectivity index (χ2v) is 7.12. The molecule has 1 saturated heterocycles. The molecular formula is C17H20ClNO3. The lowest BCUT2D eigenvalue weighted by molar-refractivity contribution is -0.147. The SMILES string of the molecule is CC1CC(C(=O)O)CN(C(=O)C2(c3cccc(Cl)c3)CC2)C1. The van der Waals surface area contributed by atoms with Crippen molar-refractivity contribution in [1.29, 1.82) is 0 Å². The van der Waals surface area contributed by atoms with Gasteiger partial charge in [-0.1, -0.05) is 30.7 Å². The first-order valence-electron chi connectivity index (χ1n) is 7.70. The molecule has 2 aliphatic rings. The van der Waals surface area contributed by atoms with Crippen molar-refractivity contribution in [1.82, 2.24) is 4.90 Å². The summed E-state index contributed by atoms with van der Waals surface area (Å²) in [7, 11) is 0. The summed E-state index contributed by atoms with van der Waals surface area (Å²) in [4.78, 5) is 26.0. The van der Waals surface area contributed by atoms with Crippen molar-refractivity contribution >= 4 is 23.5 Å². The lowest BCUT2D eigenvalue weighted by Crippen LogP contribution is -2.49. The van der Waals surface area contributed by atoms with E-state index < -0.39 is 17.3 Å². The number of aliphatic carboxylic acids is 1. The van der Waals surface area contributed by atoms with Crippen LogP contribution in [0.5, 0.6) is 0 Å². The van der Waals surface area contributed by atoms with E-state index in [1.54, 1.807) is 11.0 Å². The average Bonchev–Trinajstić information content (AvgIpc) is 3.27. The minimum Gasteiger partial charge on any atom is -0.481 e. The molecule has 0 radical (unpaired) electrons. The van der Waals surface area contributed by atoms with Crippen molar-refractivity contribution in [3.8, 4) is 0 Å². The minimum absolute atomic E-state index is 0.0626. The van der Waals surface area contributed by atoms with Gasteiger partial charge in [-0.05, 0) is 42.9 Å². The van der Waals surface area contributed by atoms with Crippen molar-refractivity contribution in [3.63, 3.8) is 0 Å². The maximum atomic E-state index is 13.0. The number of amides is 1. The van der Waals surface area contributed by atoms with Gasteiger partial charge in [0.25, 0.3) is 0 Å². The molecule has 1 heterocycles. The number of carboxylic acids is 1. The van der Waals surface area contributed by atoms with Gasteiger partial charge in [0.2, 0.25) is 5.91 Å². The fourth-order valence-electron chi connectivity index (χ4n) is 3.54. The molecule has 1 N–H and O–H groups in total. The molecule has 118 valence electrons. The molecule has 1 aromatic rings. The molecule has 0 spiro atoms. The number of carboxylic acid groups (broad SMARTS) is 1. The van der Waals surface area contributed by atoms with Crippen LogP contribution in [0.25, 0.3) is 0 Å². The third-order valence-electron chi connectivity index (χ3n) is 4.83. The van der Waals surface area contributed by atoms with Crippen LogP contribution in [0.3, 0.4) is 0 Å². The largest absolute Gasteiger partial charge is 0.481 e. The maximum absolute atomic E-state index is 13.0. The van der Waals surface area contributed by atoms with Gasteiger partial charge in [0.15, 0.2) is 0 Å². The summed E-state index contributed by atoms with van der Waals surface area (Å²) in [5, 5.41) is 9.90. The van der Waals surface area contributed by atoms with Crippen molar-refractivity contribution in [2.24, 2.45) is 11.8 Å². The second kappa shape index (κ2) is 5.58. The van der Waals surface area contributed by atoms with Crippen molar-refractivity contribution in [2.75, 3.05) is 13.1 Å². The molecule has 0 aromatic heterocycles. The molecule has 0 bridgehead atoms. The molecule has 1 aromatic carbocycles. The topological polar surface area (TPSA) is 57.6 Å². The second-order valence-electron chi connectivity index (χ2n) is 6.68. The van der Waals surface area contributed by atoms with Gasteiger partial charge in [-0.15, -0.1) is 0 Å². The van der Waals surface area contributed by atoms with E-state index in [0.717, 1.165) is 18.4 Å². The van der Waals surface area contributed by atoms with Crippen LogP contribution in [-0.4, -0.2) is 35.0 Å². The number of hydrogen-bond donors (Lipinski definition) is 1.